The minimum absolute atomic E-state index is 0. The molecule has 1 aromatic carbocycles. The molecule has 1 aromatic rings. The van der Waals surface area contributed by atoms with Crippen molar-refractivity contribution in [3.63, 3.8) is 0 Å². The van der Waals surface area contributed by atoms with E-state index in [-0.39, 0.29) is 29.6 Å². The van der Waals surface area contributed by atoms with Crippen LogP contribution in [0.25, 0.3) is 6.08 Å². The largest absolute Gasteiger partial charge is 1.00 e. The summed E-state index contributed by atoms with van der Waals surface area (Å²) in [4.78, 5) is 0. The first-order valence-corrected chi connectivity index (χ1v) is 3.96. The predicted molar refractivity (Wildman–Crippen MR) is 48.1 cm³/mol. The van der Waals surface area contributed by atoms with Gasteiger partial charge in [-0.1, -0.05) is 19.4 Å². The SMILES string of the molecule is C[C-]1CC=Cc2ccccc21.[Na+]. The van der Waals surface area contributed by atoms with Crippen LogP contribution in [-0.4, -0.2) is 0 Å². The number of fused-ring (bicyclic) bond motifs is 1. The van der Waals surface area contributed by atoms with Gasteiger partial charge in [0.1, 0.15) is 0 Å². The summed E-state index contributed by atoms with van der Waals surface area (Å²) < 4.78 is 0. The molecular weight excluding hydrogens is 155 g/mol. The summed E-state index contributed by atoms with van der Waals surface area (Å²) in [6.45, 7) is 2.20. The molecule has 56 valence electrons. The third-order valence-corrected chi connectivity index (χ3v) is 2.14. The second-order valence-electron chi connectivity index (χ2n) is 2.97. The monoisotopic (exact) mass is 166 g/mol. The van der Waals surface area contributed by atoms with E-state index in [1.54, 1.807) is 0 Å². The second kappa shape index (κ2) is 4.18. The Kier molecular flexibility index (Phi) is 3.45. The average Bonchev–Trinajstić information content (AvgIpc) is 2.06. The molecule has 0 heterocycles. The van der Waals surface area contributed by atoms with E-state index in [9.17, 15) is 0 Å². The van der Waals surface area contributed by atoms with Crippen molar-refractivity contribution in [1.29, 1.82) is 0 Å². The van der Waals surface area contributed by atoms with E-state index in [2.05, 4.69) is 43.3 Å². The van der Waals surface area contributed by atoms with Crippen LogP contribution < -0.4 is 29.6 Å². The van der Waals surface area contributed by atoms with Crippen LogP contribution in [0.4, 0.5) is 0 Å². The summed E-state index contributed by atoms with van der Waals surface area (Å²) in [7, 11) is 0. The molecule has 0 saturated heterocycles. The van der Waals surface area contributed by atoms with Crippen molar-refractivity contribution in [3.8, 4) is 0 Å². The summed E-state index contributed by atoms with van der Waals surface area (Å²) in [5, 5.41) is 0. The Morgan fingerprint density at radius 2 is 2.00 bits per heavy atom. The van der Waals surface area contributed by atoms with E-state index in [4.69, 9.17) is 0 Å². The maximum absolute atomic E-state index is 2.22. The maximum Gasteiger partial charge on any atom is 1.00 e. The van der Waals surface area contributed by atoms with Gasteiger partial charge >= 0.3 is 29.6 Å². The van der Waals surface area contributed by atoms with E-state index in [0.717, 1.165) is 6.42 Å². The first-order chi connectivity index (χ1) is 5.38. The van der Waals surface area contributed by atoms with Crippen molar-refractivity contribution in [2.24, 2.45) is 0 Å². The van der Waals surface area contributed by atoms with Gasteiger partial charge in [0.2, 0.25) is 0 Å². The van der Waals surface area contributed by atoms with Gasteiger partial charge in [0.05, 0.1) is 0 Å². The van der Waals surface area contributed by atoms with Gasteiger partial charge in [0.15, 0.2) is 0 Å². The molecule has 0 unspecified atom stereocenters. The van der Waals surface area contributed by atoms with Gasteiger partial charge in [0, 0.05) is 0 Å². The van der Waals surface area contributed by atoms with Crippen molar-refractivity contribution < 1.29 is 29.6 Å². The number of hydrogen-bond donors (Lipinski definition) is 0. The Labute approximate surface area is 96.0 Å². The molecule has 2 rings (SSSR count). The van der Waals surface area contributed by atoms with Gasteiger partial charge < -0.3 is 0 Å². The topological polar surface area (TPSA) is 0 Å². The zero-order chi connectivity index (χ0) is 7.68. The molecule has 0 N–H and O–H groups in total. The van der Waals surface area contributed by atoms with Gasteiger partial charge in [-0.25, -0.2) is 0 Å². The number of benzene rings is 1. The van der Waals surface area contributed by atoms with Crippen LogP contribution in [0.15, 0.2) is 30.3 Å². The minimum atomic E-state index is 0. The predicted octanol–water partition coefficient (Wildman–Crippen LogP) is 0.0500. The van der Waals surface area contributed by atoms with Crippen molar-refractivity contribution in [1.82, 2.24) is 0 Å². The van der Waals surface area contributed by atoms with Crippen LogP contribution in [0.5, 0.6) is 0 Å². The Bertz CT molecular complexity index is 289. The number of hydrogen-bond acceptors (Lipinski definition) is 0. The Morgan fingerprint density at radius 1 is 1.25 bits per heavy atom. The molecular formula is C11H11Na. The summed E-state index contributed by atoms with van der Waals surface area (Å²) in [6.07, 6.45) is 5.52. The van der Waals surface area contributed by atoms with Crippen LogP contribution in [0.3, 0.4) is 0 Å². The quantitative estimate of drug-likeness (QED) is 0.377. The van der Waals surface area contributed by atoms with Crippen molar-refractivity contribution in [3.05, 3.63) is 47.4 Å². The fraction of sp³-hybridized carbons (Fsp3) is 0.182. The molecule has 0 amide bonds. The zero-order valence-electron chi connectivity index (χ0n) is 7.67. The first kappa shape index (κ1) is 9.91. The zero-order valence-corrected chi connectivity index (χ0v) is 9.67. The molecule has 12 heavy (non-hydrogen) atoms. The molecule has 0 atom stereocenters. The van der Waals surface area contributed by atoms with Crippen LogP contribution in [0.2, 0.25) is 0 Å². The van der Waals surface area contributed by atoms with Crippen LogP contribution >= 0.6 is 0 Å². The van der Waals surface area contributed by atoms with Gasteiger partial charge in [0.25, 0.3) is 0 Å². The summed E-state index contributed by atoms with van der Waals surface area (Å²) in [5.74, 6) is 1.48. The Balaban J connectivity index is 0.000000720. The Hall–Kier alpha value is -0.170. The molecule has 0 radical (unpaired) electrons. The van der Waals surface area contributed by atoms with E-state index >= 15 is 0 Å². The second-order valence-corrected chi connectivity index (χ2v) is 2.97. The Morgan fingerprint density at radius 3 is 2.75 bits per heavy atom. The first-order valence-electron chi connectivity index (χ1n) is 3.96. The minimum Gasteiger partial charge on any atom is -0.182 e. The van der Waals surface area contributed by atoms with Gasteiger partial charge in [-0.3, -0.25) is 0 Å². The van der Waals surface area contributed by atoms with Crippen LogP contribution in [0, 0.1) is 5.92 Å². The molecule has 0 aromatic heterocycles. The van der Waals surface area contributed by atoms with Crippen LogP contribution in [0.1, 0.15) is 24.5 Å². The van der Waals surface area contributed by atoms with Crippen molar-refractivity contribution in [2.75, 3.05) is 0 Å². The fourth-order valence-corrected chi connectivity index (χ4v) is 1.50. The maximum atomic E-state index is 2.22. The molecule has 0 bridgehead atoms. The molecule has 0 saturated carbocycles. The molecule has 0 nitrogen and oxygen atoms in total. The number of allylic oxidation sites excluding steroid dienone is 1. The van der Waals surface area contributed by atoms with Gasteiger partial charge in [-0.05, 0) is 0 Å². The summed E-state index contributed by atoms with van der Waals surface area (Å²) in [6, 6.07) is 8.53. The summed E-state index contributed by atoms with van der Waals surface area (Å²) in [5.41, 5.74) is 2.77. The fourth-order valence-electron chi connectivity index (χ4n) is 1.50. The standard InChI is InChI=1S/C11H11.Na/c1-9-5-4-7-10-6-2-3-8-11(9)10;/h2-4,6-8H,5H2,1H3;/q-1;+1. The smallest absolute Gasteiger partial charge is 0.182 e. The molecule has 0 spiro atoms. The molecule has 1 aliphatic carbocycles. The molecule has 0 aliphatic heterocycles. The average molecular weight is 166 g/mol. The van der Waals surface area contributed by atoms with Crippen molar-refractivity contribution >= 4 is 6.08 Å². The van der Waals surface area contributed by atoms with E-state index in [1.165, 1.54) is 17.0 Å². The van der Waals surface area contributed by atoms with Crippen LogP contribution in [-0.2, 0) is 0 Å². The van der Waals surface area contributed by atoms with E-state index in [1.807, 2.05) is 0 Å². The molecule has 1 heteroatoms. The van der Waals surface area contributed by atoms with Crippen molar-refractivity contribution in [2.45, 2.75) is 13.3 Å². The third-order valence-electron chi connectivity index (χ3n) is 2.14. The molecule has 1 aliphatic rings. The van der Waals surface area contributed by atoms with Gasteiger partial charge in [-0.2, -0.15) is 17.5 Å². The van der Waals surface area contributed by atoms with Gasteiger partial charge in [-0.15, -0.1) is 29.8 Å². The van der Waals surface area contributed by atoms with E-state index in [0.29, 0.717) is 0 Å². The third kappa shape index (κ3) is 1.77. The molecule has 0 fully saturated rings. The number of rotatable bonds is 0. The normalized spacial score (nSPS) is 13.6. The summed E-state index contributed by atoms with van der Waals surface area (Å²) >= 11 is 0. The van der Waals surface area contributed by atoms with E-state index < -0.39 is 0 Å².